The maximum absolute atomic E-state index is 11.6. The molecule has 2 aromatic rings. The van der Waals surface area contributed by atoms with Crippen molar-refractivity contribution in [2.75, 3.05) is 56.7 Å². The first-order valence-electron chi connectivity index (χ1n) is 13.4. The van der Waals surface area contributed by atoms with Crippen LogP contribution in [0.15, 0.2) is 31.1 Å². The van der Waals surface area contributed by atoms with Crippen LogP contribution in [0.5, 0.6) is 0 Å². The summed E-state index contributed by atoms with van der Waals surface area (Å²) in [5.74, 6) is 1.80. The summed E-state index contributed by atoms with van der Waals surface area (Å²) in [5, 5.41) is 25.0. The Morgan fingerprint density at radius 3 is 1.77 bits per heavy atom. The van der Waals surface area contributed by atoms with Crippen LogP contribution in [0, 0.1) is 11.8 Å². The Labute approximate surface area is 245 Å². The normalized spacial score (nSPS) is 16.9. The number of pyridine rings is 2. The van der Waals surface area contributed by atoms with Crippen molar-refractivity contribution in [3.05, 3.63) is 52.3 Å². The molecule has 0 radical (unpaired) electrons. The second-order valence-electron chi connectivity index (χ2n) is 9.80. The zero-order valence-corrected chi connectivity index (χ0v) is 24.5. The lowest BCUT2D eigenvalue weighted by atomic mass is 9.96. The van der Waals surface area contributed by atoms with E-state index in [1.807, 2.05) is 11.0 Å². The number of aliphatic hydroxyl groups excluding tert-OH is 2. The molecule has 2 saturated heterocycles. The molecule has 0 bridgehead atoms. The van der Waals surface area contributed by atoms with Gasteiger partial charge in [-0.3, -0.25) is 9.59 Å². The lowest BCUT2D eigenvalue weighted by Gasteiger charge is -2.32. The summed E-state index contributed by atoms with van der Waals surface area (Å²) < 4.78 is 0. The Morgan fingerprint density at radius 1 is 0.950 bits per heavy atom. The highest BCUT2D eigenvalue weighted by molar-refractivity contribution is 6.33. The van der Waals surface area contributed by atoms with Gasteiger partial charge in [-0.2, -0.15) is 0 Å². The van der Waals surface area contributed by atoms with Crippen molar-refractivity contribution in [1.29, 1.82) is 0 Å². The van der Waals surface area contributed by atoms with Crippen molar-refractivity contribution < 1.29 is 19.8 Å². The van der Waals surface area contributed by atoms with E-state index in [0.29, 0.717) is 34.5 Å². The number of hydrogen-bond acceptors (Lipinski definition) is 8. The van der Waals surface area contributed by atoms with Crippen LogP contribution in [0.2, 0.25) is 10.0 Å². The van der Waals surface area contributed by atoms with E-state index in [1.54, 1.807) is 32.4 Å². The van der Waals surface area contributed by atoms with Crippen molar-refractivity contribution >= 4 is 52.7 Å². The number of piperidine rings is 2. The second-order valence-corrected chi connectivity index (χ2v) is 10.6. The predicted octanol–water partition coefficient (Wildman–Crippen LogP) is 3.06. The average molecular weight is 594 g/mol. The summed E-state index contributed by atoms with van der Waals surface area (Å²) in [6.45, 7) is 6.37. The van der Waals surface area contributed by atoms with Gasteiger partial charge in [0.1, 0.15) is 17.7 Å². The molecule has 2 aromatic heterocycles. The minimum atomic E-state index is -0.969. The largest absolute Gasteiger partial charge is 0.393 e. The molecule has 0 unspecified atom stereocenters. The van der Waals surface area contributed by atoms with Crippen LogP contribution in [0.25, 0.3) is 6.08 Å². The smallest absolute Gasteiger partial charge is 0.222 e. The molecule has 0 aromatic carbocycles. The Bertz CT molecular complexity index is 1170. The minimum absolute atomic E-state index is 0.0421. The summed E-state index contributed by atoms with van der Waals surface area (Å²) >= 11 is 12.5. The molecule has 2 aliphatic heterocycles. The number of aliphatic hydroxyl groups is 2. The van der Waals surface area contributed by atoms with Gasteiger partial charge in [0, 0.05) is 70.1 Å². The van der Waals surface area contributed by atoms with E-state index in [9.17, 15) is 14.7 Å². The summed E-state index contributed by atoms with van der Waals surface area (Å²) in [6, 6.07) is 3.48. The molecule has 4 rings (SSSR count). The maximum atomic E-state index is 11.6. The van der Waals surface area contributed by atoms with Gasteiger partial charge >= 0.3 is 0 Å². The number of rotatable bonds is 7. The number of aromatic nitrogens is 2. The van der Waals surface area contributed by atoms with Crippen LogP contribution in [-0.4, -0.2) is 78.9 Å². The fourth-order valence-corrected chi connectivity index (χ4v) is 5.46. The standard InChI is InChI=1S/C14H20ClN3O3.C14H18ClN3O/c1-16-14(21)9-2-4-18(5-3-9)13-11(15)6-10(7-17-13)12(20)8-19;1-3-10-8-12(15)13(17-9-10)18-6-4-11(5-7-18)14(19)16-2/h6-7,9,12,19-20H,2-5,8H2,1H3,(H,16,21);3,8-9,11H,1,4-7H2,2H3,(H,16,19)/t12-;/m1./s1. The third kappa shape index (κ3) is 8.06. The molecule has 218 valence electrons. The van der Waals surface area contributed by atoms with E-state index >= 15 is 0 Å². The monoisotopic (exact) mass is 592 g/mol. The molecule has 1 atom stereocenters. The topological polar surface area (TPSA) is 131 Å². The number of halogens is 2. The number of hydrogen-bond donors (Lipinski definition) is 4. The Balaban J connectivity index is 0.000000222. The van der Waals surface area contributed by atoms with E-state index in [1.165, 1.54) is 6.20 Å². The Kier molecular flexibility index (Phi) is 12.0. The third-order valence-corrected chi connectivity index (χ3v) is 7.86. The molecule has 2 aliphatic rings. The van der Waals surface area contributed by atoms with E-state index < -0.39 is 6.10 Å². The number of carbonyl (C=O) groups excluding carboxylic acids is 2. The third-order valence-electron chi connectivity index (χ3n) is 7.30. The molecular weight excluding hydrogens is 555 g/mol. The van der Waals surface area contributed by atoms with E-state index in [0.717, 1.165) is 50.2 Å². The average Bonchev–Trinajstić information content (AvgIpc) is 3.00. The zero-order chi connectivity index (χ0) is 29.2. The van der Waals surface area contributed by atoms with Crippen molar-refractivity contribution in [3.63, 3.8) is 0 Å². The van der Waals surface area contributed by atoms with Gasteiger partial charge < -0.3 is 30.6 Å². The van der Waals surface area contributed by atoms with Gasteiger partial charge in [-0.1, -0.05) is 35.9 Å². The molecule has 10 nitrogen and oxygen atoms in total. The van der Waals surface area contributed by atoms with Gasteiger partial charge in [0.2, 0.25) is 11.8 Å². The number of nitrogens with zero attached hydrogens (tertiary/aromatic N) is 4. The fourth-order valence-electron chi connectivity index (χ4n) is 4.87. The van der Waals surface area contributed by atoms with Gasteiger partial charge in [0.25, 0.3) is 0 Å². The van der Waals surface area contributed by atoms with Crippen LogP contribution in [-0.2, 0) is 9.59 Å². The van der Waals surface area contributed by atoms with Crippen molar-refractivity contribution in [2.24, 2.45) is 11.8 Å². The number of amides is 2. The van der Waals surface area contributed by atoms with E-state index in [2.05, 4.69) is 32.1 Å². The first kappa shape index (κ1) is 31.6. The van der Waals surface area contributed by atoms with Crippen molar-refractivity contribution in [3.8, 4) is 0 Å². The van der Waals surface area contributed by atoms with E-state index in [-0.39, 0.29) is 30.3 Å². The highest BCUT2D eigenvalue weighted by Gasteiger charge is 2.27. The fraction of sp³-hybridized carbons (Fsp3) is 0.500. The molecule has 12 heteroatoms. The molecule has 4 heterocycles. The molecule has 4 N–H and O–H groups in total. The molecule has 0 aliphatic carbocycles. The quantitative estimate of drug-likeness (QED) is 0.386. The van der Waals surface area contributed by atoms with Gasteiger partial charge in [-0.25, -0.2) is 9.97 Å². The predicted molar refractivity (Wildman–Crippen MR) is 159 cm³/mol. The van der Waals surface area contributed by atoms with Crippen molar-refractivity contribution in [2.45, 2.75) is 31.8 Å². The Morgan fingerprint density at radius 2 is 1.40 bits per heavy atom. The number of carbonyl (C=O) groups is 2. The molecule has 2 amide bonds. The Hall–Kier alpha value is -2.92. The molecule has 0 saturated carbocycles. The number of anilines is 2. The van der Waals surface area contributed by atoms with Crippen LogP contribution >= 0.6 is 23.2 Å². The van der Waals surface area contributed by atoms with Crippen LogP contribution in [0.4, 0.5) is 11.6 Å². The second kappa shape index (κ2) is 15.2. The highest BCUT2D eigenvalue weighted by atomic mass is 35.5. The summed E-state index contributed by atoms with van der Waals surface area (Å²) in [6.07, 6.45) is 7.23. The first-order chi connectivity index (χ1) is 19.2. The number of nitrogens with one attached hydrogen (secondary N) is 2. The SMILES string of the molecule is C=Cc1cnc(N2CCC(C(=O)NC)CC2)c(Cl)c1.CNC(=O)C1CCN(c2ncc([C@H](O)CO)cc2Cl)CC1. The van der Waals surface area contributed by atoms with Crippen molar-refractivity contribution in [1.82, 2.24) is 20.6 Å². The van der Waals surface area contributed by atoms with Crippen LogP contribution < -0.4 is 20.4 Å². The molecular formula is C28H38Cl2N6O4. The van der Waals surface area contributed by atoms with Gasteiger partial charge in [-0.15, -0.1) is 0 Å². The van der Waals surface area contributed by atoms with Gasteiger partial charge in [-0.05, 0) is 43.4 Å². The minimum Gasteiger partial charge on any atom is -0.393 e. The summed E-state index contributed by atoms with van der Waals surface area (Å²) in [4.78, 5) is 36.0. The summed E-state index contributed by atoms with van der Waals surface area (Å²) in [7, 11) is 3.33. The van der Waals surface area contributed by atoms with Gasteiger partial charge in [0.15, 0.2) is 0 Å². The van der Waals surface area contributed by atoms with Gasteiger partial charge in [0.05, 0.1) is 16.7 Å². The molecule has 0 spiro atoms. The highest BCUT2D eigenvalue weighted by Crippen LogP contribution is 2.30. The maximum Gasteiger partial charge on any atom is 0.222 e. The van der Waals surface area contributed by atoms with Crippen LogP contribution in [0.3, 0.4) is 0 Å². The summed E-state index contributed by atoms with van der Waals surface area (Å²) in [5.41, 5.74) is 1.40. The van der Waals surface area contributed by atoms with E-state index in [4.69, 9.17) is 28.3 Å². The molecule has 40 heavy (non-hydrogen) atoms. The molecule has 2 fully saturated rings. The van der Waals surface area contributed by atoms with Crippen LogP contribution in [0.1, 0.15) is 42.9 Å². The lowest BCUT2D eigenvalue weighted by molar-refractivity contribution is -0.125. The zero-order valence-electron chi connectivity index (χ0n) is 22.9. The lowest BCUT2D eigenvalue weighted by Crippen LogP contribution is -2.40. The first-order valence-corrected chi connectivity index (χ1v) is 14.1.